The van der Waals surface area contributed by atoms with Gasteiger partial charge >= 0.3 is 0 Å². The lowest BCUT2D eigenvalue weighted by Gasteiger charge is -2.16. The maximum atomic E-state index is 5.31. The van der Waals surface area contributed by atoms with Gasteiger partial charge in [0, 0.05) is 13.2 Å². The Bertz CT molecular complexity index is 95.3. The van der Waals surface area contributed by atoms with Crippen molar-refractivity contribution in [3.05, 3.63) is 0 Å². The molecule has 1 rings (SSSR count). The molecule has 2 atom stereocenters. The van der Waals surface area contributed by atoms with Crippen LogP contribution in [0.5, 0.6) is 0 Å². The molecule has 2 heteroatoms. The molecule has 0 aromatic carbocycles. The first-order valence-electron chi connectivity index (χ1n) is 4.14. The Morgan fingerprint density at radius 1 is 1.60 bits per heavy atom. The second-order valence-electron chi connectivity index (χ2n) is 2.91. The maximum Gasteiger partial charge on any atom is 0.0736 e. The summed E-state index contributed by atoms with van der Waals surface area (Å²) in [6.45, 7) is 3.34. The zero-order chi connectivity index (χ0) is 7.40. The predicted molar refractivity (Wildman–Crippen MR) is 42.1 cm³/mol. The summed E-state index contributed by atoms with van der Waals surface area (Å²) in [4.78, 5) is 0. The second kappa shape index (κ2) is 3.94. The number of ether oxygens (including phenoxy) is 1. The minimum atomic E-state index is 0.472. The third-order valence-electron chi connectivity index (χ3n) is 2.19. The van der Waals surface area contributed by atoms with Gasteiger partial charge in [0.25, 0.3) is 0 Å². The highest BCUT2D eigenvalue weighted by atomic mass is 16.5. The van der Waals surface area contributed by atoms with Gasteiger partial charge in [-0.05, 0) is 19.4 Å². The van der Waals surface area contributed by atoms with Gasteiger partial charge in [0.15, 0.2) is 0 Å². The van der Waals surface area contributed by atoms with Crippen molar-refractivity contribution < 1.29 is 4.74 Å². The molecular weight excluding hydrogens is 126 g/mol. The van der Waals surface area contributed by atoms with Crippen molar-refractivity contribution in [2.75, 3.05) is 13.7 Å². The maximum absolute atomic E-state index is 5.31. The lowest BCUT2D eigenvalue weighted by Crippen LogP contribution is -2.30. The average molecular weight is 143 g/mol. The van der Waals surface area contributed by atoms with E-state index in [0.717, 1.165) is 6.54 Å². The van der Waals surface area contributed by atoms with Gasteiger partial charge in [-0.15, -0.1) is 0 Å². The fourth-order valence-electron chi connectivity index (χ4n) is 1.62. The van der Waals surface area contributed by atoms with Crippen molar-refractivity contribution in [3.8, 4) is 0 Å². The summed E-state index contributed by atoms with van der Waals surface area (Å²) in [5, 5.41) is 3.43. The van der Waals surface area contributed by atoms with Gasteiger partial charge in [0.05, 0.1) is 6.10 Å². The Kier molecular flexibility index (Phi) is 3.16. The third kappa shape index (κ3) is 1.70. The van der Waals surface area contributed by atoms with E-state index in [1.165, 1.54) is 19.3 Å². The number of rotatable bonds is 3. The molecule has 0 saturated carbocycles. The van der Waals surface area contributed by atoms with Crippen LogP contribution in [-0.4, -0.2) is 25.8 Å². The smallest absolute Gasteiger partial charge is 0.0736 e. The molecule has 1 saturated heterocycles. The number of nitrogens with one attached hydrogen (secondary N) is 1. The van der Waals surface area contributed by atoms with Gasteiger partial charge in [0.1, 0.15) is 0 Å². The summed E-state index contributed by atoms with van der Waals surface area (Å²) in [5.41, 5.74) is 0. The molecule has 2 nitrogen and oxygen atoms in total. The van der Waals surface area contributed by atoms with Crippen LogP contribution in [0.1, 0.15) is 26.2 Å². The van der Waals surface area contributed by atoms with Crippen molar-refractivity contribution in [1.82, 2.24) is 5.32 Å². The molecule has 0 aromatic rings. The van der Waals surface area contributed by atoms with Crippen molar-refractivity contribution in [2.24, 2.45) is 0 Å². The van der Waals surface area contributed by atoms with Crippen LogP contribution >= 0.6 is 0 Å². The molecule has 60 valence electrons. The molecule has 1 aliphatic heterocycles. The van der Waals surface area contributed by atoms with Crippen LogP contribution in [0, 0.1) is 0 Å². The predicted octanol–water partition coefficient (Wildman–Crippen LogP) is 1.16. The van der Waals surface area contributed by atoms with E-state index in [9.17, 15) is 0 Å². The summed E-state index contributed by atoms with van der Waals surface area (Å²) in [6, 6.07) is 0.620. The summed E-state index contributed by atoms with van der Waals surface area (Å²) in [7, 11) is 1.81. The van der Waals surface area contributed by atoms with Crippen LogP contribution in [0.15, 0.2) is 0 Å². The molecule has 0 bridgehead atoms. The molecule has 0 spiro atoms. The van der Waals surface area contributed by atoms with Gasteiger partial charge in [-0.3, -0.25) is 0 Å². The summed E-state index contributed by atoms with van der Waals surface area (Å²) >= 11 is 0. The number of hydrogen-bond acceptors (Lipinski definition) is 2. The molecule has 0 radical (unpaired) electrons. The first kappa shape index (κ1) is 8.02. The third-order valence-corrected chi connectivity index (χ3v) is 2.19. The number of methoxy groups -OCH3 is 1. The highest BCUT2D eigenvalue weighted by Crippen LogP contribution is 2.14. The largest absolute Gasteiger partial charge is 0.380 e. The van der Waals surface area contributed by atoms with Gasteiger partial charge < -0.3 is 10.1 Å². The minimum absolute atomic E-state index is 0.472. The molecule has 1 heterocycles. The SMILES string of the molecule is CCCC1NCCC1OC. The Balaban J connectivity index is 2.27. The molecule has 1 aliphatic rings. The second-order valence-corrected chi connectivity index (χ2v) is 2.91. The molecule has 1 fully saturated rings. The fourth-order valence-corrected chi connectivity index (χ4v) is 1.62. The zero-order valence-electron chi connectivity index (χ0n) is 6.89. The molecule has 1 N–H and O–H groups in total. The van der Waals surface area contributed by atoms with E-state index < -0.39 is 0 Å². The van der Waals surface area contributed by atoms with Crippen molar-refractivity contribution >= 4 is 0 Å². The fraction of sp³-hybridized carbons (Fsp3) is 1.00. The van der Waals surface area contributed by atoms with E-state index in [2.05, 4.69) is 12.2 Å². The van der Waals surface area contributed by atoms with Gasteiger partial charge in [-0.25, -0.2) is 0 Å². The molecule has 0 aliphatic carbocycles. The van der Waals surface area contributed by atoms with Crippen LogP contribution in [0.25, 0.3) is 0 Å². The monoisotopic (exact) mass is 143 g/mol. The van der Waals surface area contributed by atoms with Crippen LogP contribution in [0.2, 0.25) is 0 Å². The summed E-state index contributed by atoms with van der Waals surface area (Å²) < 4.78 is 5.31. The first-order chi connectivity index (χ1) is 4.88. The van der Waals surface area contributed by atoms with Crippen LogP contribution in [0.3, 0.4) is 0 Å². The highest BCUT2D eigenvalue weighted by Gasteiger charge is 2.24. The van der Waals surface area contributed by atoms with E-state index in [1.807, 2.05) is 0 Å². The topological polar surface area (TPSA) is 21.3 Å². The normalized spacial score (nSPS) is 33.0. The molecule has 0 aromatic heterocycles. The minimum Gasteiger partial charge on any atom is -0.380 e. The van der Waals surface area contributed by atoms with Gasteiger partial charge in [0.2, 0.25) is 0 Å². The van der Waals surface area contributed by atoms with E-state index >= 15 is 0 Å². The van der Waals surface area contributed by atoms with Gasteiger partial charge in [-0.2, -0.15) is 0 Å². The molecule has 2 unspecified atom stereocenters. The zero-order valence-corrected chi connectivity index (χ0v) is 6.89. The van der Waals surface area contributed by atoms with Crippen molar-refractivity contribution in [2.45, 2.75) is 38.3 Å². The van der Waals surface area contributed by atoms with E-state index in [-0.39, 0.29) is 0 Å². The van der Waals surface area contributed by atoms with Crippen molar-refractivity contribution in [1.29, 1.82) is 0 Å². The number of hydrogen-bond donors (Lipinski definition) is 1. The van der Waals surface area contributed by atoms with E-state index in [0.29, 0.717) is 12.1 Å². The summed E-state index contributed by atoms with van der Waals surface area (Å²) in [5.74, 6) is 0. The van der Waals surface area contributed by atoms with Crippen molar-refractivity contribution in [3.63, 3.8) is 0 Å². The Labute approximate surface area is 63.0 Å². The quantitative estimate of drug-likeness (QED) is 0.640. The average Bonchev–Trinajstić information content (AvgIpc) is 2.36. The summed E-state index contributed by atoms with van der Waals surface area (Å²) in [6.07, 6.45) is 4.15. The molecule has 0 amide bonds. The molecule has 10 heavy (non-hydrogen) atoms. The lowest BCUT2D eigenvalue weighted by atomic mass is 10.1. The standard InChI is InChI=1S/C8H17NO/c1-3-4-7-8(10-2)5-6-9-7/h7-9H,3-6H2,1-2H3. The Hall–Kier alpha value is -0.0800. The van der Waals surface area contributed by atoms with E-state index in [1.54, 1.807) is 7.11 Å². The van der Waals surface area contributed by atoms with Crippen LogP contribution in [0.4, 0.5) is 0 Å². The molecular formula is C8H17NO. The first-order valence-corrected chi connectivity index (χ1v) is 4.14. The van der Waals surface area contributed by atoms with Gasteiger partial charge in [-0.1, -0.05) is 13.3 Å². The highest BCUT2D eigenvalue weighted by molar-refractivity contribution is 4.83. The lowest BCUT2D eigenvalue weighted by molar-refractivity contribution is 0.0892. The Morgan fingerprint density at radius 3 is 3.00 bits per heavy atom. The van der Waals surface area contributed by atoms with Crippen LogP contribution < -0.4 is 5.32 Å². The van der Waals surface area contributed by atoms with Crippen LogP contribution in [-0.2, 0) is 4.74 Å². The van der Waals surface area contributed by atoms with E-state index in [4.69, 9.17) is 4.74 Å². The Morgan fingerprint density at radius 2 is 2.40 bits per heavy atom.